The normalized spacial score (nSPS) is 19.9. The zero-order chi connectivity index (χ0) is 14.3. The molecule has 3 rings (SSSR count). The van der Waals surface area contributed by atoms with Crippen LogP contribution in [0.2, 0.25) is 0 Å². The lowest BCUT2D eigenvalue weighted by molar-refractivity contribution is 0.0952. The van der Waals surface area contributed by atoms with Crippen LogP contribution in [0.4, 0.5) is 4.39 Å². The number of nitrogens with one attached hydrogen (secondary N) is 1. The third kappa shape index (κ3) is 2.28. The van der Waals surface area contributed by atoms with Crippen LogP contribution in [-0.4, -0.2) is 12.5 Å². The zero-order valence-electron chi connectivity index (χ0n) is 11.7. The average Bonchev–Trinajstić information content (AvgIpc) is 3.04. The Bertz CT molecular complexity index is 678. The number of carbonyl (C=O) groups excluding carboxylic acids is 1. The van der Waals surface area contributed by atoms with Gasteiger partial charge in [0.2, 0.25) is 0 Å². The third-order valence-corrected chi connectivity index (χ3v) is 4.34. The Morgan fingerprint density at radius 1 is 1.25 bits per heavy atom. The molecule has 1 saturated carbocycles. The van der Waals surface area contributed by atoms with E-state index in [9.17, 15) is 9.18 Å². The smallest absolute Gasteiger partial charge is 0.251 e. The molecule has 1 fully saturated rings. The zero-order valence-corrected chi connectivity index (χ0v) is 11.7. The van der Waals surface area contributed by atoms with Gasteiger partial charge >= 0.3 is 0 Å². The van der Waals surface area contributed by atoms with Crippen molar-refractivity contribution in [2.24, 2.45) is 11.3 Å². The molecule has 0 spiro atoms. The van der Waals surface area contributed by atoms with Gasteiger partial charge in [0.15, 0.2) is 0 Å². The van der Waals surface area contributed by atoms with Crippen molar-refractivity contribution in [2.75, 3.05) is 6.54 Å². The maximum absolute atomic E-state index is 13.7. The van der Waals surface area contributed by atoms with Gasteiger partial charge in [0, 0.05) is 17.5 Å². The summed E-state index contributed by atoms with van der Waals surface area (Å²) < 4.78 is 13.7. The molecule has 2 aromatic carbocycles. The second-order valence-corrected chi connectivity index (χ2v) is 6.24. The Hall–Kier alpha value is -1.90. The van der Waals surface area contributed by atoms with Crippen molar-refractivity contribution in [1.29, 1.82) is 0 Å². The SMILES string of the molecule is CC1(C)CC1CNC(=O)c1ccc(F)c2ccccc12. The van der Waals surface area contributed by atoms with Gasteiger partial charge in [-0.05, 0) is 35.3 Å². The van der Waals surface area contributed by atoms with E-state index in [1.165, 1.54) is 6.07 Å². The summed E-state index contributed by atoms with van der Waals surface area (Å²) in [7, 11) is 0. The van der Waals surface area contributed by atoms with Crippen LogP contribution in [0.25, 0.3) is 10.8 Å². The number of amides is 1. The lowest BCUT2D eigenvalue weighted by Gasteiger charge is -2.09. The summed E-state index contributed by atoms with van der Waals surface area (Å²) in [6.07, 6.45) is 1.15. The van der Waals surface area contributed by atoms with Crippen molar-refractivity contribution in [3.05, 3.63) is 47.8 Å². The van der Waals surface area contributed by atoms with Gasteiger partial charge in [-0.15, -0.1) is 0 Å². The number of hydrogen-bond acceptors (Lipinski definition) is 1. The molecule has 3 heteroatoms. The highest BCUT2D eigenvalue weighted by molar-refractivity contribution is 6.07. The van der Waals surface area contributed by atoms with Crippen LogP contribution in [0.1, 0.15) is 30.6 Å². The molecule has 0 heterocycles. The van der Waals surface area contributed by atoms with E-state index >= 15 is 0 Å². The molecule has 104 valence electrons. The van der Waals surface area contributed by atoms with E-state index in [-0.39, 0.29) is 11.7 Å². The first-order valence-corrected chi connectivity index (χ1v) is 6.94. The van der Waals surface area contributed by atoms with E-state index in [4.69, 9.17) is 0 Å². The van der Waals surface area contributed by atoms with E-state index in [1.807, 2.05) is 6.07 Å². The van der Waals surface area contributed by atoms with Crippen molar-refractivity contribution >= 4 is 16.7 Å². The molecule has 0 aromatic heterocycles. The summed E-state index contributed by atoms with van der Waals surface area (Å²) in [5.41, 5.74) is 0.887. The molecular formula is C17H18FNO. The van der Waals surface area contributed by atoms with Gasteiger partial charge in [-0.1, -0.05) is 38.1 Å². The van der Waals surface area contributed by atoms with Crippen molar-refractivity contribution < 1.29 is 9.18 Å². The quantitative estimate of drug-likeness (QED) is 0.905. The molecule has 0 aliphatic heterocycles. The summed E-state index contributed by atoms with van der Waals surface area (Å²) in [5, 5.41) is 4.13. The largest absolute Gasteiger partial charge is 0.352 e. The monoisotopic (exact) mass is 271 g/mol. The van der Waals surface area contributed by atoms with E-state index in [0.29, 0.717) is 34.2 Å². The Labute approximate surface area is 118 Å². The topological polar surface area (TPSA) is 29.1 Å². The molecular weight excluding hydrogens is 253 g/mol. The summed E-state index contributed by atoms with van der Waals surface area (Å²) in [6, 6.07) is 10.0. The van der Waals surface area contributed by atoms with Crippen LogP contribution in [0.15, 0.2) is 36.4 Å². The van der Waals surface area contributed by atoms with E-state index in [1.54, 1.807) is 24.3 Å². The fourth-order valence-corrected chi connectivity index (χ4v) is 2.70. The summed E-state index contributed by atoms with van der Waals surface area (Å²) >= 11 is 0. The summed E-state index contributed by atoms with van der Waals surface area (Å²) in [4.78, 5) is 12.3. The number of carbonyl (C=O) groups is 1. The van der Waals surface area contributed by atoms with Crippen LogP contribution in [0.3, 0.4) is 0 Å². The highest BCUT2D eigenvalue weighted by Gasteiger charge is 2.45. The first-order valence-electron chi connectivity index (χ1n) is 6.94. The van der Waals surface area contributed by atoms with Gasteiger partial charge in [-0.2, -0.15) is 0 Å². The van der Waals surface area contributed by atoms with Crippen LogP contribution in [0.5, 0.6) is 0 Å². The second kappa shape index (κ2) is 4.58. The Balaban J connectivity index is 1.83. The summed E-state index contributed by atoms with van der Waals surface area (Å²) in [5.74, 6) is 0.141. The molecule has 0 bridgehead atoms. The van der Waals surface area contributed by atoms with E-state index < -0.39 is 0 Å². The minimum absolute atomic E-state index is 0.121. The minimum Gasteiger partial charge on any atom is -0.352 e. The molecule has 1 amide bonds. The minimum atomic E-state index is -0.291. The number of hydrogen-bond donors (Lipinski definition) is 1. The highest BCUT2D eigenvalue weighted by Crippen LogP contribution is 2.51. The van der Waals surface area contributed by atoms with Crippen LogP contribution < -0.4 is 5.32 Å². The number of halogens is 1. The molecule has 1 aliphatic rings. The number of fused-ring (bicyclic) bond motifs is 1. The molecule has 20 heavy (non-hydrogen) atoms. The molecule has 1 aliphatic carbocycles. The Morgan fingerprint density at radius 3 is 2.55 bits per heavy atom. The maximum Gasteiger partial charge on any atom is 0.251 e. The van der Waals surface area contributed by atoms with Crippen molar-refractivity contribution in [2.45, 2.75) is 20.3 Å². The van der Waals surface area contributed by atoms with Gasteiger partial charge in [0.1, 0.15) is 5.82 Å². The van der Waals surface area contributed by atoms with Gasteiger partial charge in [0.25, 0.3) is 5.91 Å². The van der Waals surface area contributed by atoms with Gasteiger partial charge in [-0.25, -0.2) is 4.39 Å². The molecule has 1 unspecified atom stereocenters. The maximum atomic E-state index is 13.7. The van der Waals surface area contributed by atoms with Crippen molar-refractivity contribution in [3.8, 4) is 0 Å². The molecule has 2 nitrogen and oxygen atoms in total. The predicted octanol–water partition coefficient (Wildman–Crippen LogP) is 3.75. The molecule has 1 atom stereocenters. The fourth-order valence-electron chi connectivity index (χ4n) is 2.70. The standard InChI is InChI=1S/C17H18FNO/c1-17(2)9-11(17)10-19-16(20)14-7-8-15(18)13-6-4-3-5-12(13)14/h3-8,11H,9-10H2,1-2H3,(H,19,20). The molecule has 1 N–H and O–H groups in total. The molecule has 0 saturated heterocycles. The van der Waals surface area contributed by atoms with Gasteiger partial charge in [-0.3, -0.25) is 4.79 Å². The first kappa shape index (κ1) is 13.1. The Kier molecular flexibility index (Phi) is 3.00. The van der Waals surface area contributed by atoms with Crippen LogP contribution in [-0.2, 0) is 0 Å². The fraction of sp³-hybridized carbons (Fsp3) is 0.353. The number of rotatable bonds is 3. The van der Waals surface area contributed by atoms with Crippen LogP contribution >= 0.6 is 0 Å². The summed E-state index contributed by atoms with van der Waals surface area (Å²) in [6.45, 7) is 5.10. The van der Waals surface area contributed by atoms with E-state index in [0.717, 1.165) is 6.42 Å². The Morgan fingerprint density at radius 2 is 1.90 bits per heavy atom. The molecule has 0 radical (unpaired) electrons. The van der Waals surface area contributed by atoms with Crippen molar-refractivity contribution in [1.82, 2.24) is 5.32 Å². The van der Waals surface area contributed by atoms with Crippen LogP contribution in [0, 0.1) is 17.2 Å². The average molecular weight is 271 g/mol. The van der Waals surface area contributed by atoms with E-state index in [2.05, 4.69) is 19.2 Å². The lowest BCUT2D eigenvalue weighted by atomic mass is 10.0. The molecule has 2 aromatic rings. The second-order valence-electron chi connectivity index (χ2n) is 6.24. The highest BCUT2D eigenvalue weighted by atomic mass is 19.1. The van der Waals surface area contributed by atoms with Gasteiger partial charge in [0.05, 0.1) is 0 Å². The third-order valence-electron chi connectivity index (χ3n) is 4.34. The van der Waals surface area contributed by atoms with Crippen molar-refractivity contribution in [3.63, 3.8) is 0 Å². The lowest BCUT2D eigenvalue weighted by Crippen LogP contribution is -2.26. The first-order chi connectivity index (χ1) is 9.49. The van der Waals surface area contributed by atoms with Gasteiger partial charge < -0.3 is 5.32 Å². The predicted molar refractivity (Wildman–Crippen MR) is 78.1 cm³/mol. The number of benzene rings is 2.